The van der Waals surface area contributed by atoms with Crippen LogP contribution in [0, 0.1) is 5.92 Å². The van der Waals surface area contributed by atoms with Gasteiger partial charge >= 0.3 is 0 Å². The van der Waals surface area contributed by atoms with Gasteiger partial charge in [-0.3, -0.25) is 4.79 Å². The highest BCUT2D eigenvalue weighted by Crippen LogP contribution is 2.21. The van der Waals surface area contributed by atoms with Gasteiger partial charge in [0.25, 0.3) is 0 Å². The molecule has 0 unspecified atom stereocenters. The highest BCUT2D eigenvalue weighted by molar-refractivity contribution is 5.74. The lowest BCUT2D eigenvalue weighted by atomic mass is 9.90. The third kappa shape index (κ3) is 3.51. The molecule has 3 heteroatoms. The van der Waals surface area contributed by atoms with Gasteiger partial charge in [-0.1, -0.05) is 19.3 Å². The summed E-state index contributed by atoms with van der Waals surface area (Å²) in [6.07, 6.45) is 8.28. The number of nitrogens with zero attached hydrogens (tertiary/aromatic N) is 1. The zero-order valence-corrected chi connectivity index (χ0v) is 7.55. The normalized spacial score (nSPS) is 19.8. The summed E-state index contributed by atoms with van der Waals surface area (Å²) in [4.78, 5) is 10.5. The molecule has 68 valence electrons. The van der Waals surface area contributed by atoms with Crippen molar-refractivity contribution < 1.29 is 4.79 Å². The van der Waals surface area contributed by atoms with Gasteiger partial charge in [0.2, 0.25) is 5.91 Å². The van der Waals surface area contributed by atoms with E-state index in [0.717, 1.165) is 0 Å². The van der Waals surface area contributed by atoms with E-state index in [1.807, 2.05) is 6.21 Å². The molecule has 1 amide bonds. The summed E-state index contributed by atoms with van der Waals surface area (Å²) in [7, 11) is 0. The molecule has 0 bridgehead atoms. The standard InChI is InChI=1S/C9H16N2O/c1-8(12)11-10-7-9-5-3-2-4-6-9/h7,9H,2-6H2,1H3,(H,11,12)/b10-7+. The number of hydrazone groups is 1. The van der Waals surface area contributed by atoms with Crippen molar-refractivity contribution in [3.8, 4) is 0 Å². The molecule has 0 saturated heterocycles. The summed E-state index contributed by atoms with van der Waals surface area (Å²) in [5.74, 6) is 0.493. The Hall–Kier alpha value is -0.860. The fraction of sp³-hybridized carbons (Fsp3) is 0.778. The molecule has 0 atom stereocenters. The molecule has 1 N–H and O–H groups in total. The Morgan fingerprint density at radius 1 is 1.42 bits per heavy atom. The highest BCUT2D eigenvalue weighted by atomic mass is 16.2. The van der Waals surface area contributed by atoms with E-state index in [9.17, 15) is 4.79 Å². The fourth-order valence-corrected chi connectivity index (χ4v) is 1.52. The van der Waals surface area contributed by atoms with Crippen LogP contribution in [0.3, 0.4) is 0 Å². The molecule has 0 spiro atoms. The first-order chi connectivity index (χ1) is 5.79. The van der Waals surface area contributed by atoms with Gasteiger partial charge in [-0.05, 0) is 18.8 Å². The zero-order chi connectivity index (χ0) is 8.81. The second-order valence-electron chi connectivity index (χ2n) is 3.34. The van der Waals surface area contributed by atoms with Crippen molar-refractivity contribution in [3.05, 3.63) is 0 Å². The van der Waals surface area contributed by atoms with E-state index in [-0.39, 0.29) is 5.91 Å². The molecule has 1 fully saturated rings. The number of hydrogen-bond donors (Lipinski definition) is 1. The van der Waals surface area contributed by atoms with Gasteiger partial charge in [-0.15, -0.1) is 0 Å². The quantitative estimate of drug-likeness (QED) is 0.494. The molecule has 1 aliphatic rings. The van der Waals surface area contributed by atoms with Crippen molar-refractivity contribution in [3.63, 3.8) is 0 Å². The third-order valence-corrected chi connectivity index (χ3v) is 2.16. The van der Waals surface area contributed by atoms with E-state index in [1.165, 1.54) is 39.0 Å². The summed E-state index contributed by atoms with van der Waals surface area (Å²) in [5.41, 5.74) is 2.42. The SMILES string of the molecule is CC(=O)N/N=C/C1CCCCC1. The zero-order valence-electron chi connectivity index (χ0n) is 7.55. The molecule has 3 nitrogen and oxygen atoms in total. The van der Waals surface area contributed by atoms with Gasteiger partial charge in [0, 0.05) is 13.1 Å². The van der Waals surface area contributed by atoms with Crippen LogP contribution in [-0.2, 0) is 4.79 Å². The third-order valence-electron chi connectivity index (χ3n) is 2.16. The minimum absolute atomic E-state index is 0.0953. The van der Waals surface area contributed by atoms with Crippen LogP contribution in [0.25, 0.3) is 0 Å². The first-order valence-electron chi connectivity index (χ1n) is 4.59. The van der Waals surface area contributed by atoms with Crippen LogP contribution in [-0.4, -0.2) is 12.1 Å². The van der Waals surface area contributed by atoms with Gasteiger partial charge in [0.1, 0.15) is 0 Å². The molecule has 0 aromatic carbocycles. The van der Waals surface area contributed by atoms with Crippen LogP contribution in [0.4, 0.5) is 0 Å². The Balaban J connectivity index is 2.19. The minimum Gasteiger partial charge on any atom is -0.274 e. The van der Waals surface area contributed by atoms with Gasteiger partial charge in [0.15, 0.2) is 0 Å². The Labute approximate surface area is 73.2 Å². The molecule has 1 rings (SSSR count). The average Bonchev–Trinajstić information content (AvgIpc) is 2.05. The van der Waals surface area contributed by atoms with E-state index >= 15 is 0 Å². The average molecular weight is 168 g/mol. The van der Waals surface area contributed by atoms with Crippen LogP contribution in [0.2, 0.25) is 0 Å². The van der Waals surface area contributed by atoms with Crippen LogP contribution in [0.5, 0.6) is 0 Å². The first kappa shape index (κ1) is 9.23. The van der Waals surface area contributed by atoms with E-state index < -0.39 is 0 Å². The molecule has 1 aliphatic carbocycles. The van der Waals surface area contributed by atoms with E-state index in [0.29, 0.717) is 5.92 Å². The highest BCUT2D eigenvalue weighted by Gasteiger charge is 2.10. The monoisotopic (exact) mass is 168 g/mol. The topological polar surface area (TPSA) is 41.5 Å². The number of amides is 1. The second kappa shape index (κ2) is 4.91. The number of carbonyl (C=O) groups is 1. The lowest BCUT2D eigenvalue weighted by molar-refractivity contribution is -0.118. The summed E-state index contributed by atoms with van der Waals surface area (Å²) in [6.45, 7) is 1.47. The summed E-state index contributed by atoms with van der Waals surface area (Å²) in [6, 6.07) is 0. The van der Waals surface area contributed by atoms with Crippen molar-refractivity contribution in [2.24, 2.45) is 11.0 Å². The molecule has 1 saturated carbocycles. The second-order valence-corrected chi connectivity index (χ2v) is 3.34. The van der Waals surface area contributed by atoms with Crippen LogP contribution < -0.4 is 5.43 Å². The van der Waals surface area contributed by atoms with E-state index in [2.05, 4.69) is 10.5 Å². The maximum atomic E-state index is 10.5. The molecule has 0 aromatic rings. The predicted octanol–water partition coefficient (Wildman–Crippen LogP) is 1.69. The summed E-state index contributed by atoms with van der Waals surface area (Å²) in [5, 5.41) is 3.87. The predicted molar refractivity (Wildman–Crippen MR) is 48.9 cm³/mol. The summed E-state index contributed by atoms with van der Waals surface area (Å²) >= 11 is 0. The van der Waals surface area contributed by atoms with Crippen molar-refractivity contribution in [1.29, 1.82) is 0 Å². The Bertz CT molecular complexity index is 171. The van der Waals surface area contributed by atoms with Crippen molar-refractivity contribution in [1.82, 2.24) is 5.43 Å². The number of hydrogen-bond acceptors (Lipinski definition) is 2. The fourth-order valence-electron chi connectivity index (χ4n) is 1.52. The molecule has 0 aromatic heterocycles. The molecule has 0 aliphatic heterocycles. The van der Waals surface area contributed by atoms with E-state index in [1.54, 1.807) is 0 Å². The Morgan fingerprint density at radius 3 is 2.67 bits per heavy atom. The van der Waals surface area contributed by atoms with Crippen LogP contribution in [0.15, 0.2) is 5.10 Å². The van der Waals surface area contributed by atoms with Gasteiger partial charge in [-0.25, -0.2) is 5.43 Å². The van der Waals surface area contributed by atoms with Gasteiger partial charge in [-0.2, -0.15) is 5.10 Å². The lowest BCUT2D eigenvalue weighted by Crippen LogP contribution is -2.15. The van der Waals surface area contributed by atoms with Gasteiger partial charge < -0.3 is 0 Å². The lowest BCUT2D eigenvalue weighted by Gasteiger charge is -2.16. The molecule has 0 radical (unpaired) electrons. The maximum Gasteiger partial charge on any atom is 0.236 e. The molecular formula is C9H16N2O. The number of carbonyl (C=O) groups excluding carboxylic acids is 1. The Kier molecular flexibility index (Phi) is 3.77. The Morgan fingerprint density at radius 2 is 2.08 bits per heavy atom. The minimum atomic E-state index is -0.0953. The summed E-state index contributed by atoms with van der Waals surface area (Å²) < 4.78 is 0. The van der Waals surface area contributed by atoms with Crippen molar-refractivity contribution in [2.75, 3.05) is 0 Å². The van der Waals surface area contributed by atoms with Crippen molar-refractivity contribution >= 4 is 12.1 Å². The van der Waals surface area contributed by atoms with Gasteiger partial charge in [0.05, 0.1) is 0 Å². The smallest absolute Gasteiger partial charge is 0.236 e. The number of rotatable bonds is 2. The largest absolute Gasteiger partial charge is 0.274 e. The first-order valence-corrected chi connectivity index (χ1v) is 4.59. The number of nitrogens with one attached hydrogen (secondary N) is 1. The van der Waals surface area contributed by atoms with E-state index in [4.69, 9.17) is 0 Å². The molecular weight excluding hydrogens is 152 g/mol. The maximum absolute atomic E-state index is 10.5. The molecule has 12 heavy (non-hydrogen) atoms. The molecule has 0 heterocycles. The van der Waals surface area contributed by atoms with Crippen LogP contribution in [0.1, 0.15) is 39.0 Å². The van der Waals surface area contributed by atoms with Crippen LogP contribution >= 0.6 is 0 Å². The van der Waals surface area contributed by atoms with Crippen molar-refractivity contribution in [2.45, 2.75) is 39.0 Å².